The van der Waals surface area contributed by atoms with Crippen molar-refractivity contribution in [2.75, 3.05) is 31.7 Å². The van der Waals surface area contributed by atoms with Crippen molar-refractivity contribution >= 4 is 32.0 Å². The molecule has 0 saturated carbocycles. The molecule has 0 aliphatic carbocycles. The smallest absolute Gasteiger partial charge is 0.267 e. The van der Waals surface area contributed by atoms with E-state index in [1.165, 1.54) is 7.11 Å². The maximum absolute atomic E-state index is 14.7. The molecule has 0 amide bonds. The standard InChI is InChI=1S/C15H15F4N5O3S2/c1-3-23(4-5-27-2)13-11(18)9(16)8(10(17)12(13)19)7-6-24-14(21-7)28-15(22-24)29(20,25)26/h6H,3-5H2,1-2H3,(H2,20,25,26). The third kappa shape index (κ3) is 3.80. The zero-order valence-electron chi connectivity index (χ0n) is 15.1. The van der Waals surface area contributed by atoms with E-state index < -0.39 is 54.6 Å². The highest BCUT2D eigenvalue weighted by molar-refractivity contribution is 7.91. The van der Waals surface area contributed by atoms with Crippen molar-refractivity contribution in [2.24, 2.45) is 5.14 Å². The summed E-state index contributed by atoms with van der Waals surface area (Å²) >= 11 is 0.534. The number of hydrogen-bond acceptors (Lipinski definition) is 7. The second-order valence-corrected chi connectivity index (χ2v) is 8.51. The fourth-order valence-corrected chi connectivity index (χ4v) is 4.18. The predicted molar refractivity (Wildman–Crippen MR) is 97.3 cm³/mol. The van der Waals surface area contributed by atoms with E-state index in [1.54, 1.807) is 6.92 Å². The molecule has 0 unspecified atom stereocenters. The molecule has 1 aromatic carbocycles. The third-order valence-corrected chi connectivity index (χ3v) is 6.26. The number of sulfonamides is 1. The summed E-state index contributed by atoms with van der Waals surface area (Å²) in [6.07, 6.45) is 0.947. The fraction of sp³-hybridized carbons (Fsp3) is 0.333. The fourth-order valence-electron chi connectivity index (χ4n) is 2.67. The number of likely N-dealkylation sites (N-methyl/N-ethyl adjacent to an activating group) is 1. The molecule has 0 saturated heterocycles. The van der Waals surface area contributed by atoms with Crippen molar-refractivity contribution in [1.82, 2.24) is 14.6 Å². The minimum Gasteiger partial charge on any atom is -0.383 e. The normalized spacial score (nSPS) is 12.1. The molecule has 3 aromatic rings. The van der Waals surface area contributed by atoms with Gasteiger partial charge in [0.2, 0.25) is 9.30 Å². The van der Waals surface area contributed by atoms with Gasteiger partial charge in [-0.25, -0.2) is 40.6 Å². The van der Waals surface area contributed by atoms with Gasteiger partial charge in [0.05, 0.1) is 24.1 Å². The zero-order valence-corrected chi connectivity index (χ0v) is 16.8. The molecule has 158 valence electrons. The maximum Gasteiger partial charge on any atom is 0.267 e. The first kappa shape index (κ1) is 21.4. The van der Waals surface area contributed by atoms with Crippen LogP contribution in [0, 0.1) is 23.3 Å². The van der Waals surface area contributed by atoms with Crippen LogP contribution in [0.25, 0.3) is 16.2 Å². The molecule has 0 bridgehead atoms. The molecular formula is C15H15F4N5O3S2. The number of primary sulfonamides is 1. The van der Waals surface area contributed by atoms with E-state index in [9.17, 15) is 26.0 Å². The second-order valence-electron chi connectivity index (χ2n) is 5.82. The number of nitrogens with zero attached hydrogens (tertiary/aromatic N) is 4. The summed E-state index contributed by atoms with van der Waals surface area (Å²) in [4.78, 5) is 4.84. The summed E-state index contributed by atoms with van der Waals surface area (Å²) < 4.78 is 86.6. The quantitative estimate of drug-likeness (QED) is 0.434. The minimum atomic E-state index is -4.10. The number of anilines is 1. The molecule has 3 rings (SSSR count). The van der Waals surface area contributed by atoms with Gasteiger partial charge in [0.1, 0.15) is 5.69 Å². The van der Waals surface area contributed by atoms with Crippen LogP contribution in [0.4, 0.5) is 23.2 Å². The zero-order chi connectivity index (χ0) is 21.5. The van der Waals surface area contributed by atoms with Crippen molar-refractivity contribution in [2.45, 2.75) is 11.3 Å². The third-order valence-electron chi connectivity index (χ3n) is 4.03. The Bertz CT molecular complexity index is 1120. The first-order valence-electron chi connectivity index (χ1n) is 8.09. The molecule has 2 heterocycles. The number of nitrogens with two attached hydrogens (primary N) is 1. The van der Waals surface area contributed by atoms with Crippen LogP contribution in [0.1, 0.15) is 6.92 Å². The largest absolute Gasteiger partial charge is 0.383 e. The molecular weight excluding hydrogens is 438 g/mol. The van der Waals surface area contributed by atoms with Gasteiger partial charge in [0, 0.05) is 20.2 Å². The highest BCUT2D eigenvalue weighted by Crippen LogP contribution is 2.36. The van der Waals surface area contributed by atoms with Crippen LogP contribution in [0.5, 0.6) is 0 Å². The number of rotatable bonds is 7. The average Bonchev–Trinajstić information content (AvgIpc) is 3.22. The van der Waals surface area contributed by atoms with E-state index in [2.05, 4.69) is 10.1 Å². The molecule has 14 heteroatoms. The van der Waals surface area contributed by atoms with Crippen LogP contribution in [0.2, 0.25) is 0 Å². The lowest BCUT2D eigenvalue weighted by atomic mass is 10.1. The Morgan fingerprint density at radius 3 is 2.31 bits per heavy atom. The van der Waals surface area contributed by atoms with Crippen LogP contribution in [-0.4, -0.2) is 49.8 Å². The topological polar surface area (TPSA) is 103 Å². The lowest BCUT2D eigenvalue weighted by molar-refractivity contribution is 0.205. The van der Waals surface area contributed by atoms with Gasteiger partial charge >= 0.3 is 0 Å². The summed E-state index contributed by atoms with van der Waals surface area (Å²) in [6, 6.07) is 0. The molecule has 0 radical (unpaired) electrons. The average molecular weight is 453 g/mol. The number of fused-ring (bicyclic) bond motifs is 1. The summed E-state index contributed by atoms with van der Waals surface area (Å²) in [6.45, 7) is 1.75. The number of ether oxygens (including phenoxy) is 1. The van der Waals surface area contributed by atoms with Crippen molar-refractivity contribution in [3.8, 4) is 11.3 Å². The number of imidazole rings is 1. The highest BCUT2D eigenvalue weighted by Gasteiger charge is 2.30. The Hall–Kier alpha value is -2.29. The Balaban J connectivity index is 2.13. The highest BCUT2D eigenvalue weighted by atomic mass is 32.2. The molecule has 0 spiro atoms. The molecule has 8 nitrogen and oxygen atoms in total. The van der Waals surface area contributed by atoms with Crippen LogP contribution in [0.15, 0.2) is 10.5 Å². The Morgan fingerprint density at radius 2 is 1.83 bits per heavy atom. The molecule has 2 aromatic heterocycles. The van der Waals surface area contributed by atoms with Crippen molar-refractivity contribution in [3.63, 3.8) is 0 Å². The Kier molecular flexibility index (Phi) is 5.80. The van der Waals surface area contributed by atoms with Gasteiger partial charge in [-0.1, -0.05) is 11.3 Å². The monoisotopic (exact) mass is 453 g/mol. The van der Waals surface area contributed by atoms with Gasteiger partial charge in [-0.2, -0.15) is 0 Å². The molecule has 0 atom stereocenters. The number of hydrogen-bond donors (Lipinski definition) is 1. The van der Waals surface area contributed by atoms with E-state index >= 15 is 0 Å². The lowest BCUT2D eigenvalue weighted by Crippen LogP contribution is -2.29. The van der Waals surface area contributed by atoms with Gasteiger partial charge in [-0.05, 0) is 6.92 Å². The predicted octanol–water partition coefficient (Wildman–Crippen LogP) is 2.13. The summed E-state index contributed by atoms with van der Waals surface area (Å²) in [7, 11) is -2.73. The first-order valence-corrected chi connectivity index (χ1v) is 10.5. The lowest BCUT2D eigenvalue weighted by Gasteiger charge is -2.24. The van der Waals surface area contributed by atoms with Crippen molar-refractivity contribution in [3.05, 3.63) is 29.5 Å². The summed E-state index contributed by atoms with van der Waals surface area (Å²) in [5, 5.41) is 8.59. The van der Waals surface area contributed by atoms with Crippen LogP contribution < -0.4 is 10.0 Å². The van der Waals surface area contributed by atoms with E-state index in [4.69, 9.17) is 9.88 Å². The van der Waals surface area contributed by atoms with Crippen LogP contribution in [-0.2, 0) is 14.8 Å². The van der Waals surface area contributed by atoms with Gasteiger partial charge < -0.3 is 9.64 Å². The van der Waals surface area contributed by atoms with Crippen molar-refractivity contribution in [1.29, 1.82) is 0 Å². The molecule has 0 aliphatic rings. The maximum atomic E-state index is 14.7. The first-order chi connectivity index (χ1) is 13.6. The SMILES string of the molecule is CCN(CCOC)c1c(F)c(F)c(-c2cn3nc(S(N)(=O)=O)sc3n2)c(F)c1F. The summed E-state index contributed by atoms with van der Waals surface area (Å²) in [5.41, 5.74) is -2.33. The van der Waals surface area contributed by atoms with E-state index in [0.717, 1.165) is 15.6 Å². The summed E-state index contributed by atoms with van der Waals surface area (Å²) in [5.74, 6) is -6.42. The molecule has 0 aliphatic heterocycles. The molecule has 29 heavy (non-hydrogen) atoms. The second kappa shape index (κ2) is 7.85. The van der Waals surface area contributed by atoms with Gasteiger partial charge in [0.25, 0.3) is 10.0 Å². The molecule has 2 N–H and O–H groups in total. The Morgan fingerprint density at radius 1 is 1.21 bits per heavy atom. The Labute approximate surface area is 166 Å². The number of halogens is 4. The van der Waals surface area contributed by atoms with Crippen LogP contribution in [0.3, 0.4) is 0 Å². The van der Waals surface area contributed by atoms with Crippen molar-refractivity contribution < 1.29 is 30.7 Å². The van der Waals surface area contributed by atoms with E-state index in [-0.39, 0.29) is 24.7 Å². The van der Waals surface area contributed by atoms with E-state index in [1.807, 2.05) is 0 Å². The number of aromatic nitrogens is 3. The minimum absolute atomic E-state index is 0.0134. The van der Waals surface area contributed by atoms with Gasteiger partial charge in [-0.15, -0.1) is 5.10 Å². The molecule has 0 fully saturated rings. The van der Waals surface area contributed by atoms with E-state index in [0.29, 0.717) is 11.3 Å². The van der Waals surface area contributed by atoms with Gasteiger partial charge in [-0.3, -0.25) is 0 Å². The van der Waals surface area contributed by atoms with Crippen LogP contribution >= 0.6 is 11.3 Å². The number of methoxy groups -OCH3 is 1. The van der Waals surface area contributed by atoms with Gasteiger partial charge in [0.15, 0.2) is 23.3 Å². The number of benzene rings is 1.